The summed E-state index contributed by atoms with van der Waals surface area (Å²) in [6, 6.07) is 11.7. The number of halogens is 3. The number of hydrogen-bond donors (Lipinski definition) is 0. The number of aromatic nitrogens is 3. The van der Waals surface area contributed by atoms with E-state index in [1.807, 2.05) is 24.3 Å². The highest BCUT2D eigenvalue weighted by Crippen LogP contribution is 2.41. The van der Waals surface area contributed by atoms with Gasteiger partial charge in [0.1, 0.15) is 5.69 Å². The van der Waals surface area contributed by atoms with Crippen LogP contribution in [0.25, 0.3) is 33.9 Å². The van der Waals surface area contributed by atoms with Gasteiger partial charge in [-0.2, -0.15) is 13.2 Å². The number of carbonyl (C=O) groups is 1. The smallest absolute Gasteiger partial charge is 0.285 e. The Hall–Kier alpha value is -3.53. The second-order valence-corrected chi connectivity index (χ2v) is 11.1. The third kappa shape index (κ3) is 4.41. The normalized spacial score (nSPS) is 14.4. The van der Waals surface area contributed by atoms with Crippen LogP contribution in [0.1, 0.15) is 48.5 Å². The van der Waals surface area contributed by atoms with Crippen LogP contribution >= 0.6 is 0 Å². The molecule has 186 valence electrons. The molecule has 1 aliphatic carbocycles. The Balaban J connectivity index is 1.66. The first-order valence-corrected chi connectivity index (χ1v) is 13.1. The number of nitrogens with zero attached hydrogens (tertiary/aromatic N) is 3. The zero-order chi connectivity index (χ0) is 25.8. The summed E-state index contributed by atoms with van der Waals surface area (Å²) in [6.45, 7) is 2.64. The van der Waals surface area contributed by atoms with E-state index in [0.29, 0.717) is 17.7 Å². The van der Waals surface area contributed by atoms with Gasteiger partial charge in [0, 0.05) is 24.9 Å². The maximum absolute atomic E-state index is 13.4. The molecule has 1 aromatic carbocycles. The molecule has 2 aromatic rings. The Labute approximate surface area is 206 Å². The number of sulfone groups is 1. The maximum atomic E-state index is 13.4. The van der Waals surface area contributed by atoms with Crippen molar-refractivity contribution in [1.82, 2.24) is 14.5 Å². The van der Waals surface area contributed by atoms with Crippen LogP contribution in [-0.2, 0) is 16.0 Å². The molecule has 0 bridgehead atoms. The van der Waals surface area contributed by atoms with Crippen LogP contribution < -0.4 is 0 Å². The van der Waals surface area contributed by atoms with Crippen molar-refractivity contribution in [3.05, 3.63) is 66.0 Å². The molecule has 36 heavy (non-hydrogen) atoms. The fourth-order valence-electron chi connectivity index (χ4n) is 4.20. The largest absolute Gasteiger partial charge is 0.417 e. The average Bonchev–Trinajstić information content (AvgIpc) is 3.60. The minimum atomic E-state index is -4.68. The van der Waals surface area contributed by atoms with Crippen LogP contribution in [0.4, 0.5) is 13.2 Å². The molecule has 0 spiro atoms. The summed E-state index contributed by atoms with van der Waals surface area (Å²) in [6.07, 6.45) is -0.110. The molecule has 0 saturated heterocycles. The van der Waals surface area contributed by atoms with Crippen molar-refractivity contribution in [2.45, 2.75) is 43.7 Å². The predicted molar refractivity (Wildman–Crippen MR) is 129 cm³/mol. The molecule has 0 N–H and O–H groups in total. The van der Waals surface area contributed by atoms with E-state index >= 15 is 0 Å². The van der Waals surface area contributed by atoms with Gasteiger partial charge in [0.15, 0.2) is 9.84 Å². The Kier molecular flexibility index (Phi) is 5.74. The minimum Gasteiger partial charge on any atom is -0.285 e. The number of pyridine rings is 2. The Morgan fingerprint density at radius 3 is 2.33 bits per heavy atom. The Morgan fingerprint density at radius 1 is 1.06 bits per heavy atom. The number of hydrogen-bond acceptors (Lipinski definition) is 5. The van der Waals surface area contributed by atoms with Crippen LogP contribution in [0, 0.1) is 0 Å². The van der Waals surface area contributed by atoms with Gasteiger partial charge in [0.2, 0.25) is 5.91 Å². The lowest BCUT2D eigenvalue weighted by atomic mass is 10.0. The lowest BCUT2D eigenvalue weighted by Gasteiger charge is -2.13. The van der Waals surface area contributed by atoms with Crippen molar-refractivity contribution in [3.8, 4) is 33.9 Å². The summed E-state index contributed by atoms with van der Waals surface area (Å²) in [5.41, 5.74) is 1.75. The maximum Gasteiger partial charge on any atom is 0.417 e. The second-order valence-electron chi connectivity index (χ2n) is 8.90. The van der Waals surface area contributed by atoms with E-state index in [4.69, 9.17) is 0 Å². The fourth-order valence-corrected chi connectivity index (χ4v) is 5.27. The minimum absolute atomic E-state index is 0.0232. The van der Waals surface area contributed by atoms with Gasteiger partial charge in [-0.25, -0.2) is 13.4 Å². The van der Waals surface area contributed by atoms with E-state index in [1.54, 1.807) is 0 Å². The molecular formula is C26H22F3N3O3S. The number of rotatable bonds is 5. The molecule has 0 radical (unpaired) electrons. The SMILES string of the molecule is CCS(=O)(=O)c1cc(-c2ccc(C3CC3)cc2)cnc1-c1cc2n(C(C)=O)cc(C(F)(F)F)cc-2n1. The van der Waals surface area contributed by atoms with E-state index in [0.717, 1.165) is 23.1 Å². The van der Waals surface area contributed by atoms with E-state index in [2.05, 4.69) is 9.97 Å². The van der Waals surface area contributed by atoms with Gasteiger partial charge >= 0.3 is 6.18 Å². The van der Waals surface area contributed by atoms with Crippen LogP contribution in [-0.4, -0.2) is 34.6 Å². The molecule has 1 saturated carbocycles. The van der Waals surface area contributed by atoms with Gasteiger partial charge < -0.3 is 0 Å². The van der Waals surface area contributed by atoms with E-state index in [1.165, 1.54) is 43.7 Å². The summed E-state index contributed by atoms with van der Waals surface area (Å²) in [4.78, 5) is 20.7. The van der Waals surface area contributed by atoms with Crippen LogP contribution in [0.15, 0.2) is 59.8 Å². The molecule has 0 unspecified atom stereocenters. The summed E-state index contributed by atoms with van der Waals surface area (Å²) < 4.78 is 67.1. The van der Waals surface area contributed by atoms with Crippen molar-refractivity contribution in [2.24, 2.45) is 0 Å². The highest BCUT2D eigenvalue weighted by atomic mass is 32.2. The molecule has 0 atom stereocenters. The van der Waals surface area contributed by atoms with E-state index in [9.17, 15) is 26.4 Å². The van der Waals surface area contributed by atoms with Crippen LogP contribution in [0.5, 0.6) is 0 Å². The molecule has 1 fully saturated rings. The van der Waals surface area contributed by atoms with Gasteiger partial charge in [0.25, 0.3) is 0 Å². The zero-order valence-electron chi connectivity index (χ0n) is 19.5. The molecule has 2 aliphatic heterocycles. The number of benzene rings is 1. The first-order valence-electron chi connectivity index (χ1n) is 11.4. The van der Waals surface area contributed by atoms with Gasteiger partial charge in [-0.1, -0.05) is 31.2 Å². The number of carbonyl (C=O) groups excluding carboxylic acids is 1. The third-order valence-electron chi connectivity index (χ3n) is 6.37. The fraction of sp³-hybridized carbons (Fsp3) is 0.269. The van der Waals surface area contributed by atoms with Crippen LogP contribution in [0.2, 0.25) is 0 Å². The van der Waals surface area contributed by atoms with Gasteiger partial charge in [-0.05, 0) is 48.1 Å². The standard InChI is InChI=1S/C26H22F3N3O3S/c1-3-36(34,35)24-10-19(18-8-6-17(7-9-18)16-4-5-16)13-30-25(24)22-12-23-21(31-22)11-20(26(27,28)29)14-32(23)15(2)33/h6-14,16H,3-5H2,1-2H3. The molecular weight excluding hydrogens is 491 g/mol. The van der Waals surface area contributed by atoms with Crippen molar-refractivity contribution in [1.29, 1.82) is 0 Å². The molecule has 6 nitrogen and oxygen atoms in total. The molecule has 5 rings (SSSR count). The number of fused-ring (bicyclic) bond motifs is 1. The summed E-state index contributed by atoms with van der Waals surface area (Å²) in [5, 5.41) is 0. The average molecular weight is 514 g/mol. The van der Waals surface area contributed by atoms with Crippen molar-refractivity contribution >= 4 is 15.7 Å². The highest BCUT2D eigenvalue weighted by molar-refractivity contribution is 7.91. The van der Waals surface area contributed by atoms with Crippen molar-refractivity contribution < 1.29 is 26.4 Å². The monoisotopic (exact) mass is 513 g/mol. The topological polar surface area (TPSA) is 81.9 Å². The third-order valence-corrected chi connectivity index (χ3v) is 8.11. The lowest BCUT2D eigenvalue weighted by Crippen LogP contribution is -2.14. The molecule has 3 aliphatic rings. The molecule has 10 heteroatoms. The second kappa shape index (κ2) is 8.55. The quantitative estimate of drug-likeness (QED) is 0.324. The Morgan fingerprint density at radius 2 is 1.75 bits per heavy atom. The zero-order valence-corrected chi connectivity index (χ0v) is 20.3. The molecule has 3 heterocycles. The predicted octanol–water partition coefficient (Wildman–Crippen LogP) is 6.07. The van der Waals surface area contributed by atoms with Crippen LogP contribution in [0.3, 0.4) is 0 Å². The van der Waals surface area contributed by atoms with Gasteiger partial charge in [-0.15, -0.1) is 0 Å². The van der Waals surface area contributed by atoms with Crippen molar-refractivity contribution in [3.63, 3.8) is 0 Å². The molecule has 0 amide bonds. The summed E-state index contributed by atoms with van der Waals surface area (Å²) >= 11 is 0. The molecule has 1 aromatic heterocycles. The lowest BCUT2D eigenvalue weighted by molar-refractivity contribution is -0.137. The first kappa shape index (κ1) is 24.2. The van der Waals surface area contributed by atoms with E-state index < -0.39 is 27.5 Å². The number of alkyl halides is 3. The Bertz CT molecular complexity index is 1550. The highest BCUT2D eigenvalue weighted by Gasteiger charge is 2.34. The first-order chi connectivity index (χ1) is 17.0. The van der Waals surface area contributed by atoms with E-state index in [-0.39, 0.29) is 33.4 Å². The van der Waals surface area contributed by atoms with Gasteiger partial charge in [-0.3, -0.25) is 14.3 Å². The van der Waals surface area contributed by atoms with Gasteiger partial charge in [0.05, 0.1) is 33.3 Å². The summed E-state index contributed by atoms with van der Waals surface area (Å²) in [7, 11) is -3.77. The summed E-state index contributed by atoms with van der Waals surface area (Å²) in [5.74, 6) is -0.245. The van der Waals surface area contributed by atoms with Crippen molar-refractivity contribution in [2.75, 3.05) is 5.75 Å².